The normalized spacial score (nSPS) is 28.3. The molecule has 0 N–H and O–H groups in total. The summed E-state index contributed by atoms with van der Waals surface area (Å²) < 4.78 is 0. The van der Waals surface area contributed by atoms with Gasteiger partial charge in [0.1, 0.15) is 0 Å². The van der Waals surface area contributed by atoms with Crippen LogP contribution in [0.2, 0.25) is 0 Å². The van der Waals surface area contributed by atoms with E-state index in [1.165, 1.54) is 11.8 Å². The van der Waals surface area contributed by atoms with Gasteiger partial charge in [0.15, 0.2) is 5.12 Å². The van der Waals surface area contributed by atoms with Crippen LogP contribution in [0.3, 0.4) is 0 Å². The molecule has 0 spiro atoms. The highest BCUT2D eigenvalue weighted by Gasteiger charge is 2.47. The maximum absolute atomic E-state index is 11.5. The van der Waals surface area contributed by atoms with E-state index in [9.17, 15) is 4.79 Å². The van der Waals surface area contributed by atoms with Crippen LogP contribution in [0.1, 0.15) is 48.0 Å². The minimum atomic E-state index is -0.0856. The van der Waals surface area contributed by atoms with Crippen molar-refractivity contribution in [3.8, 4) is 0 Å². The van der Waals surface area contributed by atoms with Crippen LogP contribution < -0.4 is 0 Å². The predicted octanol–water partition coefficient (Wildman–Crippen LogP) is 3.73. The zero-order chi connectivity index (χ0) is 10.7. The molecule has 1 saturated heterocycles. The van der Waals surface area contributed by atoms with Crippen molar-refractivity contribution in [2.45, 2.75) is 48.0 Å². The summed E-state index contributed by atoms with van der Waals surface area (Å²) in [5, 5.41) is 0.380. The van der Waals surface area contributed by atoms with Crippen molar-refractivity contribution in [2.75, 3.05) is 5.75 Å². The predicted molar refractivity (Wildman–Crippen MR) is 61.0 cm³/mol. The number of carbonyl (C=O) groups excluding carboxylic acids is 1. The second-order valence-corrected chi connectivity index (χ2v) is 5.54. The molecule has 1 unspecified atom stereocenters. The Hall–Kier alpha value is 0.0200. The summed E-state index contributed by atoms with van der Waals surface area (Å²) in [6.45, 7) is 12.5. The minimum absolute atomic E-state index is 0.0856. The van der Waals surface area contributed by atoms with Gasteiger partial charge < -0.3 is 0 Å². The van der Waals surface area contributed by atoms with Crippen LogP contribution in [0.4, 0.5) is 0 Å². The van der Waals surface area contributed by atoms with Crippen molar-refractivity contribution < 1.29 is 4.79 Å². The van der Waals surface area contributed by atoms with Gasteiger partial charge in [-0.1, -0.05) is 53.3 Å². The average Bonchev–Trinajstić information content (AvgIpc) is 2.36. The Bertz CT molecular complexity index is 181. The number of hydrogen-bond acceptors (Lipinski definition) is 2. The molecule has 0 radical (unpaired) electrons. The fraction of sp³-hybridized carbons (Fsp3) is 0.909. The summed E-state index contributed by atoms with van der Waals surface area (Å²) in [6.07, 6.45) is 1.04. The Morgan fingerprint density at radius 1 is 1.31 bits per heavy atom. The van der Waals surface area contributed by atoms with Crippen molar-refractivity contribution in [3.05, 3.63) is 0 Å². The van der Waals surface area contributed by atoms with E-state index in [0.29, 0.717) is 5.12 Å². The van der Waals surface area contributed by atoms with E-state index in [4.69, 9.17) is 0 Å². The molecule has 0 bridgehead atoms. The zero-order valence-electron chi connectivity index (χ0n) is 9.73. The van der Waals surface area contributed by atoms with Gasteiger partial charge in [-0.3, -0.25) is 4.79 Å². The largest absolute Gasteiger partial charge is 0.287 e. The Morgan fingerprint density at radius 2 is 1.77 bits per heavy atom. The topological polar surface area (TPSA) is 17.1 Å². The highest BCUT2D eigenvalue weighted by atomic mass is 32.2. The first-order chi connectivity index (χ1) is 5.88. The molecular formula is C11H22OS. The second-order valence-electron chi connectivity index (χ2n) is 4.47. The van der Waals surface area contributed by atoms with E-state index in [-0.39, 0.29) is 10.8 Å². The highest BCUT2D eigenvalue weighted by Crippen LogP contribution is 2.49. The second kappa shape index (κ2) is 4.50. The Labute approximate surface area is 86.7 Å². The third-order valence-corrected chi connectivity index (χ3v) is 4.06. The fourth-order valence-electron chi connectivity index (χ4n) is 1.29. The van der Waals surface area contributed by atoms with Crippen molar-refractivity contribution in [1.29, 1.82) is 0 Å². The van der Waals surface area contributed by atoms with Crippen molar-refractivity contribution in [3.63, 3.8) is 0 Å². The van der Waals surface area contributed by atoms with Gasteiger partial charge in [0.05, 0.1) is 0 Å². The van der Waals surface area contributed by atoms with Crippen molar-refractivity contribution in [1.82, 2.24) is 0 Å². The molecule has 1 heterocycles. The van der Waals surface area contributed by atoms with Gasteiger partial charge in [0.25, 0.3) is 0 Å². The van der Waals surface area contributed by atoms with Gasteiger partial charge in [0.2, 0.25) is 0 Å². The lowest BCUT2D eigenvalue weighted by Crippen LogP contribution is -2.35. The summed E-state index contributed by atoms with van der Waals surface area (Å²) in [7, 11) is 0. The number of rotatable bonds is 0. The van der Waals surface area contributed by atoms with Gasteiger partial charge in [-0.25, -0.2) is 0 Å². The first-order valence-electron chi connectivity index (χ1n) is 5.05. The number of hydrogen-bond donors (Lipinski definition) is 0. The van der Waals surface area contributed by atoms with Gasteiger partial charge in [0, 0.05) is 11.2 Å². The molecule has 0 aliphatic carbocycles. The minimum Gasteiger partial charge on any atom is -0.287 e. The molecule has 0 aromatic heterocycles. The Morgan fingerprint density at radius 3 is 1.92 bits per heavy atom. The molecule has 13 heavy (non-hydrogen) atoms. The SMILES string of the molecule is CC.CC(C)(C)C1(C)CCSC1=O. The quantitative estimate of drug-likeness (QED) is 0.595. The molecule has 1 rings (SSSR count). The summed E-state index contributed by atoms with van der Waals surface area (Å²) in [6, 6.07) is 0. The molecule has 0 saturated carbocycles. The number of thioether (sulfide) groups is 1. The maximum Gasteiger partial charge on any atom is 0.195 e. The third-order valence-electron chi connectivity index (χ3n) is 2.94. The van der Waals surface area contributed by atoms with E-state index in [1.807, 2.05) is 13.8 Å². The molecule has 1 nitrogen and oxygen atoms in total. The van der Waals surface area contributed by atoms with Gasteiger partial charge in [-0.15, -0.1) is 0 Å². The Kier molecular flexibility index (Phi) is 4.50. The van der Waals surface area contributed by atoms with E-state index in [1.54, 1.807) is 0 Å². The van der Waals surface area contributed by atoms with Crippen molar-refractivity contribution >= 4 is 16.9 Å². The van der Waals surface area contributed by atoms with Crippen molar-refractivity contribution in [2.24, 2.45) is 10.8 Å². The summed E-state index contributed by atoms with van der Waals surface area (Å²) in [4.78, 5) is 11.5. The first-order valence-corrected chi connectivity index (χ1v) is 6.04. The fourth-order valence-corrected chi connectivity index (χ4v) is 2.71. The molecule has 0 aromatic carbocycles. The van der Waals surface area contributed by atoms with E-state index >= 15 is 0 Å². The molecular weight excluding hydrogens is 180 g/mol. The molecule has 1 aliphatic rings. The molecule has 1 atom stereocenters. The summed E-state index contributed by atoms with van der Waals surface area (Å²) >= 11 is 1.49. The maximum atomic E-state index is 11.5. The summed E-state index contributed by atoms with van der Waals surface area (Å²) in [5.41, 5.74) is 0.0330. The lowest BCUT2D eigenvalue weighted by molar-refractivity contribution is -0.123. The molecule has 1 fully saturated rings. The Balaban J connectivity index is 0.000000671. The first kappa shape index (κ1) is 13.0. The lowest BCUT2D eigenvalue weighted by atomic mass is 9.67. The molecule has 1 aliphatic heterocycles. The lowest BCUT2D eigenvalue weighted by Gasteiger charge is -2.36. The van der Waals surface area contributed by atoms with Crippen LogP contribution in [0.15, 0.2) is 0 Å². The van der Waals surface area contributed by atoms with Gasteiger partial charge in [-0.05, 0) is 11.8 Å². The molecule has 2 heteroatoms. The van der Waals surface area contributed by atoms with Crippen LogP contribution >= 0.6 is 11.8 Å². The molecule has 0 amide bonds. The standard InChI is InChI=1S/C9H16OS.C2H6/c1-8(2,3)9(4)5-6-11-7(9)10;1-2/h5-6H2,1-4H3;1-2H3. The average molecular weight is 202 g/mol. The van der Waals surface area contributed by atoms with Crippen LogP contribution in [-0.4, -0.2) is 10.9 Å². The number of carbonyl (C=O) groups is 1. The van der Waals surface area contributed by atoms with Crippen LogP contribution in [0.25, 0.3) is 0 Å². The van der Waals surface area contributed by atoms with E-state index in [2.05, 4.69) is 27.7 Å². The van der Waals surface area contributed by atoms with Crippen LogP contribution in [-0.2, 0) is 4.79 Å². The van der Waals surface area contributed by atoms with Crippen LogP contribution in [0, 0.1) is 10.8 Å². The summed E-state index contributed by atoms with van der Waals surface area (Å²) in [5.74, 6) is 1.01. The highest BCUT2D eigenvalue weighted by molar-refractivity contribution is 8.14. The van der Waals surface area contributed by atoms with E-state index in [0.717, 1.165) is 12.2 Å². The zero-order valence-corrected chi connectivity index (χ0v) is 10.5. The molecule has 78 valence electrons. The smallest absolute Gasteiger partial charge is 0.195 e. The molecule has 0 aromatic rings. The van der Waals surface area contributed by atoms with Crippen LogP contribution in [0.5, 0.6) is 0 Å². The monoisotopic (exact) mass is 202 g/mol. The van der Waals surface area contributed by atoms with Gasteiger partial charge >= 0.3 is 0 Å². The van der Waals surface area contributed by atoms with Gasteiger partial charge in [-0.2, -0.15) is 0 Å². The third kappa shape index (κ3) is 2.49. The van der Waals surface area contributed by atoms with E-state index < -0.39 is 0 Å².